The number of halogens is 2. The maximum atomic E-state index is 13.9. The van der Waals surface area contributed by atoms with Crippen LogP contribution in [0.5, 0.6) is 0 Å². The van der Waals surface area contributed by atoms with Gasteiger partial charge in [-0.05, 0) is 80.8 Å². The van der Waals surface area contributed by atoms with Crippen LogP contribution >= 0.6 is 11.6 Å². The minimum atomic E-state index is -4.18. The van der Waals surface area contributed by atoms with Crippen molar-refractivity contribution < 1.29 is 22.4 Å². The van der Waals surface area contributed by atoms with E-state index in [1.165, 1.54) is 41.3 Å². The molecular formula is C30H35ClFN3O4S. The molecule has 7 nitrogen and oxygen atoms in total. The molecule has 0 bridgehead atoms. The number of unbranched alkanes of at least 4 members (excludes halogenated alkanes) is 1. The van der Waals surface area contributed by atoms with Crippen LogP contribution in [0.15, 0.2) is 71.6 Å². The van der Waals surface area contributed by atoms with Gasteiger partial charge in [-0.3, -0.25) is 13.9 Å². The van der Waals surface area contributed by atoms with Crippen molar-refractivity contribution in [3.63, 3.8) is 0 Å². The smallest absolute Gasteiger partial charge is 0.264 e. The summed E-state index contributed by atoms with van der Waals surface area (Å²) >= 11 is 6.14. The number of anilines is 1. The lowest BCUT2D eigenvalue weighted by atomic mass is 10.1. The van der Waals surface area contributed by atoms with Gasteiger partial charge in [0, 0.05) is 18.1 Å². The zero-order valence-corrected chi connectivity index (χ0v) is 24.7. The van der Waals surface area contributed by atoms with Crippen LogP contribution in [0.2, 0.25) is 5.02 Å². The molecule has 3 aromatic rings. The summed E-state index contributed by atoms with van der Waals surface area (Å²) in [6, 6.07) is 15.8. The van der Waals surface area contributed by atoms with E-state index in [0.717, 1.165) is 22.7 Å². The van der Waals surface area contributed by atoms with Gasteiger partial charge in [-0.2, -0.15) is 0 Å². The quantitative estimate of drug-likeness (QED) is 0.279. The number of hydrogen-bond acceptors (Lipinski definition) is 4. The lowest BCUT2D eigenvalue weighted by Gasteiger charge is -2.32. The predicted octanol–water partition coefficient (Wildman–Crippen LogP) is 5.62. The van der Waals surface area contributed by atoms with Crippen LogP contribution in [0.4, 0.5) is 10.1 Å². The molecule has 0 fully saturated rings. The molecule has 214 valence electrons. The van der Waals surface area contributed by atoms with Gasteiger partial charge in [0.1, 0.15) is 18.4 Å². The van der Waals surface area contributed by atoms with Crippen molar-refractivity contribution >= 4 is 39.1 Å². The number of nitrogens with zero attached hydrogens (tertiary/aromatic N) is 2. The standard InChI is InChI=1S/C30H35ClFN3O4S/c1-5-6-17-33-30(37)23(4)34(19-24-9-12-26(32)13-10-24)29(36)20-35(28-16-11-25(31)18-22(28)3)40(38,39)27-14-7-21(2)8-15-27/h7-16,18,23H,5-6,17,19-20H2,1-4H3,(H,33,37). The van der Waals surface area contributed by atoms with Gasteiger partial charge in [-0.25, -0.2) is 12.8 Å². The second kappa shape index (κ2) is 13.8. The van der Waals surface area contributed by atoms with Gasteiger partial charge in [0.05, 0.1) is 10.6 Å². The molecule has 0 radical (unpaired) electrons. The van der Waals surface area contributed by atoms with Crippen LogP contribution in [0.3, 0.4) is 0 Å². The number of aryl methyl sites for hydroxylation is 2. The number of hydrogen-bond donors (Lipinski definition) is 1. The van der Waals surface area contributed by atoms with Crippen molar-refractivity contribution in [1.82, 2.24) is 10.2 Å². The lowest BCUT2D eigenvalue weighted by molar-refractivity contribution is -0.139. The van der Waals surface area contributed by atoms with Crippen LogP contribution in [0.25, 0.3) is 0 Å². The van der Waals surface area contributed by atoms with Crippen molar-refractivity contribution in [2.24, 2.45) is 0 Å². The summed E-state index contributed by atoms with van der Waals surface area (Å²) in [7, 11) is -4.18. The molecule has 3 aromatic carbocycles. The van der Waals surface area contributed by atoms with Crippen molar-refractivity contribution in [3.8, 4) is 0 Å². The average Bonchev–Trinajstić information content (AvgIpc) is 2.91. The highest BCUT2D eigenvalue weighted by Crippen LogP contribution is 2.29. The largest absolute Gasteiger partial charge is 0.354 e. The van der Waals surface area contributed by atoms with Crippen LogP contribution in [0.1, 0.15) is 43.4 Å². The van der Waals surface area contributed by atoms with Gasteiger partial charge in [-0.15, -0.1) is 0 Å². The molecule has 0 aliphatic heterocycles. The Morgan fingerprint density at radius 1 is 1.00 bits per heavy atom. The van der Waals surface area contributed by atoms with Crippen LogP contribution < -0.4 is 9.62 Å². The first-order valence-corrected chi connectivity index (χ1v) is 14.9. The summed E-state index contributed by atoms with van der Waals surface area (Å²) < 4.78 is 42.4. The molecule has 0 aliphatic rings. The molecule has 0 aliphatic carbocycles. The number of benzene rings is 3. The molecule has 0 spiro atoms. The maximum Gasteiger partial charge on any atom is 0.264 e. The highest BCUT2D eigenvalue weighted by atomic mass is 35.5. The summed E-state index contributed by atoms with van der Waals surface area (Å²) in [5.41, 5.74) is 2.34. The molecule has 0 saturated carbocycles. The highest BCUT2D eigenvalue weighted by Gasteiger charge is 2.33. The normalized spacial score (nSPS) is 12.1. The van der Waals surface area contributed by atoms with E-state index in [0.29, 0.717) is 28.4 Å². The van der Waals surface area contributed by atoms with Crippen LogP contribution in [-0.4, -0.2) is 44.3 Å². The zero-order chi connectivity index (χ0) is 29.4. The van der Waals surface area contributed by atoms with E-state index in [9.17, 15) is 22.4 Å². The third kappa shape index (κ3) is 7.82. The molecule has 1 atom stereocenters. The fourth-order valence-electron chi connectivity index (χ4n) is 4.15. The minimum absolute atomic E-state index is 0.0144. The van der Waals surface area contributed by atoms with Crippen LogP contribution in [-0.2, 0) is 26.2 Å². The van der Waals surface area contributed by atoms with E-state index in [-0.39, 0.29) is 17.3 Å². The van der Waals surface area contributed by atoms with E-state index >= 15 is 0 Å². The number of rotatable bonds is 12. The molecule has 1 unspecified atom stereocenters. The Kier molecular flexibility index (Phi) is 10.7. The fourth-order valence-corrected chi connectivity index (χ4v) is 5.86. The first-order chi connectivity index (χ1) is 18.9. The highest BCUT2D eigenvalue weighted by molar-refractivity contribution is 7.92. The zero-order valence-electron chi connectivity index (χ0n) is 23.2. The Balaban J connectivity index is 2.03. The van der Waals surface area contributed by atoms with E-state index in [1.54, 1.807) is 44.2 Å². The van der Waals surface area contributed by atoms with Crippen LogP contribution in [0, 0.1) is 19.7 Å². The first kappa shape index (κ1) is 31.1. The molecule has 40 heavy (non-hydrogen) atoms. The number of sulfonamides is 1. The Morgan fingerprint density at radius 3 is 2.25 bits per heavy atom. The minimum Gasteiger partial charge on any atom is -0.354 e. The molecule has 0 heterocycles. The Labute approximate surface area is 241 Å². The van der Waals surface area contributed by atoms with Crippen molar-refractivity contribution in [3.05, 3.63) is 94.3 Å². The van der Waals surface area contributed by atoms with Gasteiger partial charge in [0.15, 0.2) is 0 Å². The first-order valence-electron chi connectivity index (χ1n) is 13.1. The second-order valence-electron chi connectivity index (χ2n) is 9.72. The van der Waals surface area contributed by atoms with Gasteiger partial charge in [-0.1, -0.05) is 54.8 Å². The summed E-state index contributed by atoms with van der Waals surface area (Å²) in [6.07, 6.45) is 1.67. The summed E-state index contributed by atoms with van der Waals surface area (Å²) in [6.45, 7) is 7.03. The molecule has 0 saturated heterocycles. The molecule has 2 amide bonds. The van der Waals surface area contributed by atoms with Crippen molar-refractivity contribution in [2.75, 3.05) is 17.4 Å². The van der Waals surface area contributed by atoms with Gasteiger partial charge >= 0.3 is 0 Å². The van der Waals surface area contributed by atoms with E-state index < -0.39 is 34.3 Å². The number of carbonyl (C=O) groups excluding carboxylic acids is 2. The number of nitrogens with one attached hydrogen (secondary N) is 1. The van der Waals surface area contributed by atoms with E-state index in [1.807, 2.05) is 13.8 Å². The van der Waals surface area contributed by atoms with E-state index in [2.05, 4.69) is 5.32 Å². The lowest BCUT2D eigenvalue weighted by Crippen LogP contribution is -2.51. The molecule has 3 rings (SSSR count). The topological polar surface area (TPSA) is 86.8 Å². The maximum absolute atomic E-state index is 13.9. The van der Waals surface area contributed by atoms with E-state index in [4.69, 9.17) is 11.6 Å². The third-order valence-corrected chi connectivity index (χ3v) is 8.59. The van der Waals surface area contributed by atoms with Gasteiger partial charge in [0.2, 0.25) is 11.8 Å². The molecule has 0 aromatic heterocycles. The molecular weight excluding hydrogens is 553 g/mol. The summed E-state index contributed by atoms with van der Waals surface area (Å²) in [4.78, 5) is 28.3. The number of carbonyl (C=O) groups is 2. The van der Waals surface area contributed by atoms with Gasteiger partial charge in [0.25, 0.3) is 10.0 Å². The van der Waals surface area contributed by atoms with Crippen molar-refractivity contribution in [1.29, 1.82) is 0 Å². The Hall–Kier alpha value is -3.43. The van der Waals surface area contributed by atoms with Gasteiger partial charge < -0.3 is 10.2 Å². The SMILES string of the molecule is CCCCNC(=O)C(C)N(Cc1ccc(F)cc1)C(=O)CN(c1ccc(Cl)cc1C)S(=O)(=O)c1ccc(C)cc1. The van der Waals surface area contributed by atoms with Crippen molar-refractivity contribution in [2.45, 2.75) is 58.0 Å². The second-order valence-corrected chi connectivity index (χ2v) is 12.0. The summed E-state index contributed by atoms with van der Waals surface area (Å²) in [5, 5.41) is 3.26. The summed E-state index contributed by atoms with van der Waals surface area (Å²) in [5.74, 6) is -1.38. The monoisotopic (exact) mass is 587 g/mol. The Morgan fingerprint density at radius 2 is 1.65 bits per heavy atom. The number of amides is 2. The predicted molar refractivity (Wildman–Crippen MR) is 156 cm³/mol. The fraction of sp³-hybridized carbons (Fsp3) is 0.333. The molecule has 1 N–H and O–H groups in total. The third-order valence-electron chi connectivity index (χ3n) is 6.58. The Bertz CT molecular complexity index is 1430. The average molecular weight is 588 g/mol. The molecule has 10 heteroatoms.